The number of hydrogen-bond acceptors (Lipinski definition) is 7. The molecule has 4 aromatic rings. The maximum atomic E-state index is 11.9. The van der Waals surface area contributed by atoms with Gasteiger partial charge in [0, 0.05) is 54.9 Å². The molecule has 160 valence electrons. The fourth-order valence-electron chi connectivity index (χ4n) is 2.99. The van der Waals surface area contributed by atoms with E-state index in [1.165, 1.54) is 42.6 Å². The molecule has 0 bridgehead atoms. The molecular formula is C21H23N7O2S. The van der Waals surface area contributed by atoms with Gasteiger partial charge in [0.1, 0.15) is 5.82 Å². The lowest BCUT2D eigenvalue weighted by Crippen LogP contribution is -2.14. The first-order chi connectivity index (χ1) is 18.3. The van der Waals surface area contributed by atoms with Crippen LogP contribution in [-0.2, 0) is 17.0 Å². The molecule has 0 aliphatic carbocycles. The van der Waals surface area contributed by atoms with Gasteiger partial charge in [-0.2, -0.15) is 10.1 Å². The number of primary sulfonamides is 1. The van der Waals surface area contributed by atoms with Gasteiger partial charge >= 0.3 is 0 Å². The van der Waals surface area contributed by atoms with Crippen LogP contribution in [0.5, 0.6) is 0 Å². The smallest absolute Gasteiger partial charge is 0.238 e. The topological polar surface area (TPSA) is 119 Å². The Morgan fingerprint density at radius 2 is 2.06 bits per heavy atom. The number of aromatic nitrogens is 4. The summed E-state index contributed by atoms with van der Waals surface area (Å²) in [6.07, 6.45) is 1.28. The van der Waals surface area contributed by atoms with Crippen molar-refractivity contribution in [1.29, 1.82) is 0 Å². The Morgan fingerprint density at radius 3 is 2.81 bits per heavy atom. The van der Waals surface area contributed by atoms with E-state index in [0.717, 1.165) is 4.90 Å². The number of sulfonamides is 1. The average Bonchev–Trinajstić information content (AvgIpc) is 3.19. The van der Waals surface area contributed by atoms with Crippen LogP contribution < -0.4 is 15.4 Å². The van der Waals surface area contributed by atoms with Crippen molar-refractivity contribution in [2.45, 2.75) is 18.7 Å². The van der Waals surface area contributed by atoms with Crippen LogP contribution in [0.25, 0.3) is 10.9 Å². The minimum Gasteiger partial charge on any atom is -0.329 e. The Bertz CT molecular complexity index is 1700. The van der Waals surface area contributed by atoms with Gasteiger partial charge in [0.2, 0.25) is 16.0 Å². The highest BCUT2D eigenvalue weighted by molar-refractivity contribution is 7.89. The van der Waals surface area contributed by atoms with E-state index in [9.17, 15) is 8.42 Å². The van der Waals surface area contributed by atoms with Gasteiger partial charge in [-0.1, -0.05) is 6.07 Å². The second-order valence-electron chi connectivity index (χ2n) is 6.69. The number of rotatable bonds is 5. The highest BCUT2D eigenvalue weighted by atomic mass is 32.2. The predicted molar refractivity (Wildman–Crippen MR) is 121 cm³/mol. The molecule has 2 aromatic carbocycles. The van der Waals surface area contributed by atoms with Crippen LogP contribution in [0.1, 0.15) is 23.6 Å². The summed E-state index contributed by atoms with van der Waals surface area (Å²) in [6.45, 7) is -6.92. The highest BCUT2D eigenvalue weighted by Crippen LogP contribution is 2.28. The van der Waals surface area contributed by atoms with E-state index >= 15 is 0 Å². The number of aryl methyl sites for hydroxylation is 3. The minimum atomic E-state index is -4.00. The molecule has 0 amide bonds. The number of benzene rings is 2. The normalized spacial score (nSPS) is 17.2. The van der Waals surface area contributed by atoms with Crippen molar-refractivity contribution in [2.24, 2.45) is 12.1 Å². The van der Waals surface area contributed by atoms with Gasteiger partial charge in [-0.25, -0.2) is 18.5 Å². The molecule has 2 aromatic heterocycles. The molecule has 0 aliphatic heterocycles. The molecule has 0 saturated heterocycles. The molecular weight excluding hydrogens is 414 g/mol. The van der Waals surface area contributed by atoms with Crippen molar-refractivity contribution < 1.29 is 20.8 Å². The summed E-state index contributed by atoms with van der Waals surface area (Å²) in [5.74, 6) is -0.157. The molecule has 31 heavy (non-hydrogen) atoms. The standard InChI is InChI=1S/C21H23N7O2S/c1-13-5-6-15(11-19(13)31(22,29)30)24-21-23-10-9-20(25-21)27(3)16-7-8-17-14(2)28(4)26-18(17)12-16/h5-12H,1-4H3,(H2,22,29,30)(H,23,24,25)/i2D3,3D3,4D3. The van der Waals surface area contributed by atoms with Gasteiger partial charge in [0.15, 0.2) is 0 Å². The van der Waals surface area contributed by atoms with Crippen LogP contribution in [-0.4, -0.2) is 35.1 Å². The molecule has 2 heterocycles. The zero-order chi connectivity index (χ0) is 29.8. The Labute approximate surface area is 193 Å². The predicted octanol–water partition coefficient (Wildman–Crippen LogP) is 3.14. The van der Waals surface area contributed by atoms with Crippen LogP contribution in [0.3, 0.4) is 0 Å². The second-order valence-corrected chi connectivity index (χ2v) is 8.22. The molecule has 3 N–H and O–H groups in total. The molecule has 0 saturated carbocycles. The summed E-state index contributed by atoms with van der Waals surface area (Å²) in [5.41, 5.74) is 0.183. The molecule has 0 radical (unpaired) electrons. The van der Waals surface area contributed by atoms with Gasteiger partial charge in [0.25, 0.3) is 0 Å². The van der Waals surface area contributed by atoms with Gasteiger partial charge in [0.05, 0.1) is 10.4 Å². The first-order valence-electron chi connectivity index (χ1n) is 13.3. The molecule has 4 rings (SSSR count). The molecule has 0 unspecified atom stereocenters. The third-order valence-corrected chi connectivity index (χ3v) is 5.59. The Hall–Kier alpha value is -3.50. The fourth-order valence-corrected chi connectivity index (χ4v) is 3.80. The summed E-state index contributed by atoms with van der Waals surface area (Å²) in [5, 5.41) is 12.1. The van der Waals surface area contributed by atoms with E-state index in [2.05, 4.69) is 20.4 Å². The van der Waals surface area contributed by atoms with Gasteiger partial charge in [-0.05, 0) is 55.7 Å². The van der Waals surface area contributed by atoms with E-state index in [1.807, 2.05) is 0 Å². The Morgan fingerprint density at radius 1 is 1.19 bits per heavy atom. The van der Waals surface area contributed by atoms with E-state index in [1.54, 1.807) is 13.0 Å². The molecule has 9 nitrogen and oxygen atoms in total. The van der Waals surface area contributed by atoms with Gasteiger partial charge in [-0.3, -0.25) is 4.68 Å². The van der Waals surface area contributed by atoms with Crippen molar-refractivity contribution in [2.75, 3.05) is 17.2 Å². The van der Waals surface area contributed by atoms with Crippen molar-refractivity contribution >= 4 is 44.1 Å². The fraction of sp³-hybridized carbons (Fsp3) is 0.190. The number of nitrogens with zero attached hydrogens (tertiary/aromatic N) is 5. The van der Waals surface area contributed by atoms with E-state index in [4.69, 9.17) is 17.5 Å². The highest BCUT2D eigenvalue weighted by Gasteiger charge is 2.14. The largest absolute Gasteiger partial charge is 0.329 e. The van der Waals surface area contributed by atoms with Crippen molar-refractivity contribution in [3.8, 4) is 0 Å². The number of anilines is 4. The zero-order valence-electron chi connectivity index (χ0n) is 25.2. The molecule has 0 spiro atoms. The van der Waals surface area contributed by atoms with Crippen LogP contribution in [0, 0.1) is 13.8 Å². The monoisotopic (exact) mass is 446 g/mol. The molecule has 10 heteroatoms. The van der Waals surface area contributed by atoms with E-state index in [-0.39, 0.29) is 38.9 Å². The summed E-state index contributed by atoms with van der Waals surface area (Å²) < 4.78 is 95.0. The molecule has 0 fully saturated rings. The summed E-state index contributed by atoms with van der Waals surface area (Å²) >= 11 is 0. The first kappa shape index (κ1) is 12.4. The summed E-state index contributed by atoms with van der Waals surface area (Å²) in [7, 11) is -4.00. The van der Waals surface area contributed by atoms with Crippen molar-refractivity contribution in [3.05, 3.63) is 59.9 Å². The van der Waals surface area contributed by atoms with Crippen LogP contribution in [0.2, 0.25) is 0 Å². The summed E-state index contributed by atoms with van der Waals surface area (Å²) in [4.78, 5) is 9.09. The zero-order valence-corrected chi connectivity index (χ0v) is 17.0. The third kappa shape index (κ3) is 4.07. The number of hydrogen-bond donors (Lipinski definition) is 2. The maximum absolute atomic E-state index is 11.9. The molecule has 0 aliphatic rings. The lowest BCUT2D eigenvalue weighted by atomic mass is 10.2. The number of nitrogens with one attached hydrogen (secondary N) is 1. The van der Waals surface area contributed by atoms with Crippen LogP contribution >= 0.6 is 0 Å². The van der Waals surface area contributed by atoms with Crippen molar-refractivity contribution in [1.82, 2.24) is 19.7 Å². The Balaban J connectivity index is 1.79. The maximum Gasteiger partial charge on any atom is 0.238 e. The lowest BCUT2D eigenvalue weighted by Gasteiger charge is -2.19. The number of nitrogens with two attached hydrogens (primary N) is 1. The Kier molecular flexibility index (Phi) is 3.05. The SMILES string of the molecule is [2H]C([2H])([2H])c1c2ccc(N(c3ccnc(Nc4ccc(C)c(S(N)(=O)=O)c4)n3)C([2H])([2H])[2H])cc2nn1C([2H])([2H])[2H]. The van der Waals surface area contributed by atoms with Gasteiger partial charge in [-0.15, -0.1) is 0 Å². The third-order valence-electron chi connectivity index (χ3n) is 4.53. The molecule has 0 atom stereocenters. The van der Waals surface area contributed by atoms with Gasteiger partial charge < -0.3 is 10.2 Å². The second kappa shape index (κ2) is 7.64. The van der Waals surface area contributed by atoms with E-state index in [0.29, 0.717) is 10.2 Å². The average molecular weight is 447 g/mol. The van der Waals surface area contributed by atoms with Crippen LogP contribution in [0.15, 0.2) is 53.6 Å². The summed E-state index contributed by atoms with van der Waals surface area (Å²) in [6, 6.07) is 9.58. The van der Waals surface area contributed by atoms with E-state index < -0.39 is 36.5 Å². The number of fused-ring (bicyclic) bond motifs is 1. The quantitative estimate of drug-likeness (QED) is 0.483. The van der Waals surface area contributed by atoms with Crippen molar-refractivity contribution in [3.63, 3.8) is 0 Å². The minimum absolute atomic E-state index is 0.0243. The van der Waals surface area contributed by atoms with Crippen LogP contribution in [0.4, 0.5) is 23.1 Å². The lowest BCUT2D eigenvalue weighted by molar-refractivity contribution is 0.597. The first-order valence-corrected chi connectivity index (χ1v) is 10.4.